The minimum absolute atomic E-state index is 0.140. The van der Waals surface area contributed by atoms with Gasteiger partial charge in [0.2, 0.25) is 0 Å². The van der Waals surface area contributed by atoms with Gasteiger partial charge in [0.05, 0.1) is 13.2 Å². The molecule has 1 saturated heterocycles. The van der Waals surface area contributed by atoms with Crippen molar-refractivity contribution in [2.75, 3.05) is 17.6 Å². The van der Waals surface area contributed by atoms with Crippen LogP contribution in [0.3, 0.4) is 0 Å². The third kappa shape index (κ3) is 3.18. The summed E-state index contributed by atoms with van der Waals surface area (Å²) >= 11 is 2.42. The number of aryl methyl sites for hydroxylation is 1. The lowest BCUT2D eigenvalue weighted by atomic mass is 10.0. The fraction of sp³-hybridized carbons (Fsp3) is 0.538. The highest BCUT2D eigenvalue weighted by Gasteiger charge is 2.18. The molecule has 0 unspecified atom stereocenters. The second kappa shape index (κ2) is 6.57. The lowest BCUT2D eigenvalue weighted by molar-refractivity contribution is -0.183. The van der Waals surface area contributed by atoms with Gasteiger partial charge in [0.1, 0.15) is 0 Å². The SMILES string of the molecule is ICCCc1ccccc1C1OCCCO1. The number of hydrogen-bond acceptors (Lipinski definition) is 2. The van der Waals surface area contributed by atoms with E-state index in [2.05, 4.69) is 46.9 Å². The van der Waals surface area contributed by atoms with E-state index in [1.54, 1.807) is 0 Å². The summed E-state index contributed by atoms with van der Waals surface area (Å²) in [6, 6.07) is 8.46. The van der Waals surface area contributed by atoms with Crippen molar-refractivity contribution < 1.29 is 9.47 Å². The van der Waals surface area contributed by atoms with Gasteiger partial charge in [-0.2, -0.15) is 0 Å². The van der Waals surface area contributed by atoms with Crippen LogP contribution in [0.25, 0.3) is 0 Å². The van der Waals surface area contributed by atoms with Crippen LogP contribution in [-0.4, -0.2) is 17.6 Å². The van der Waals surface area contributed by atoms with Crippen molar-refractivity contribution in [2.24, 2.45) is 0 Å². The molecule has 0 spiro atoms. The van der Waals surface area contributed by atoms with Crippen molar-refractivity contribution in [1.29, 1.82) is 0 Å². The molecule has 0 aliphatic carbocycles. The number of benzene rings is 1. The molecule has 1 heterocycles. The zero-order valence-electron chi connectivity index (χ0n) is 9.32. The van der Waals surface area contributed by atoms with Crippen LogP contribution in [0.5, 0.6) is 0 Å². The zero-order chi connectivity index (χ0) is 11.2. The van der Waals surface area contributed by atoms with Crippen LogP contribution in [-0.2, 0) is 15.9 Å². The summed E-state index contributed by atoms with van der Waals surface area (Å²) in [6.07, 6.45) is 3.19. The maximum Gasteiger partial charge on any atom is 0.184 e. The minimum atomic E-state index is -0.140. The van der Waals surface area contributed by atoms with E-state index in [0.717, 1.165) is 26.1 Å². The fourth-order valence-electron chi connectivity index (χ4n) is 1.92. The smallest absolute Gasteiger partial charge is 0.184 e. The quantitative estimate of drug-likeness (QED) is 0.621. The number of hydrogen-bond donors (Lipinski definition) is 0. The van der Waals surface area contributed by atoms with E-state index in [1.165, 1.54) is 22.0 Å². The van der Waals surface area contributed by atoms with Crippen LogP contribution < -0.4 is 0 Å². The Bertz CT molecular complexity index is 321. The molecule has 0 radical (unpaired) electrons. The van der Waals surface area contributed by atoms with Gasteiger partial charge in [-0.25, -0.2) is 0 Å². The van der Waals surface area contributed by atoms with Gasteiger partial charge < -0.3 is 9.47 Å². The Kier molecular flexibility index (Phi) is 5.06. The first kappa shape index (κ1) is 12.3. The summed E-state index contributed by atoms with van der Waals surface area (Å²) in [4.78, 5) is 0. The maximum absolute atomic E-state index is 5.66. The van der Waals surface area contributed by atoms with Crippen LogP contribution >= 0.6 is 22.6 Å². The topological polar surface area (TPSA) is 18.5 Å². The van der Waals surface area contributed by atoms with Crippen LogP contribution in [0.15, 0.2) is 24.3 Å². The Morgan fingerprint density at radius 2 is 1.94 bits per heavy atom. The Morgan fingerprint density at radius 3 is 2.69 bits per heavy atom. The van der Waals surface area contributed by atoms with Crippen molar-refractivity contribution in [3.8, 4) is 0 Å². The molecule has 16 heavy (non-hydrogen) atoms. The van der Waals surface area contributed by atoms with E-state index in [0.29, 0.717) is 0 Å². The summed E-state index contributed by atoms with van der Waals surface area (Å²) in [5.74, 6) is 0. The van der Waals surface area contributed by atoms with Gasteiger partial charge >= 0.3 is 0 Å². The summed E-state index contributed by atoms with van der Waals surface area (Å²) in [5, 5.41) is 0. The van der Waals surface area contributed by atoms with Crippen molar-refractivity contribution >= 4 is 22.6 Å². The normalized spacial score (nSPS) is 17.6. The molecule has 0 saturated carbocycles. The van der Waals surface area contributed by atoms with Gasteiger partial charge in [-0.1, -0.05) is 46.9 Å². The molecule has 1 aliphatic rings. The molecule has 1 aromatic rings. The van der Waals surface area contributed by atoms with Crippen molar-refractivity contribution in [3.05, 3.63) is 35.4 Å². The highest BCUT2D eigenvalue weighted by Crippen LogP contribution is 2.26. The predicted octanol–water partition coefficient (Wildman–Crippen LogP) is 3.49. The molecule has 0 aromatic heterocycles. The van der Waals surface area contributed by atoms with Gasteiger partial charge in [-0.15, -0.1) is 0 Å². The van der Waals surface area contributed by atoms with Gasteiger partial charge in [-0.3, -0.25) is 0 Å². The van der Waals surface area contributed by atoms with Crippen LogP contribution in [0.4, 0.5) is 0 Å². The molecular formula is C13H17IO2. The summed E-state index contributed by atoms with van der Waals surface area (Å²) < 4.78 is 12.5. The fourth-order valence-corrected chi connectivity index (χ4v) is 2.30. The van der Waals surface area contributed by atoms with Gasteiger partial charge in [0.15, 0.2) is 6.29 Å². The highest BCUT2D eigenvalue weighted by atomic mass is 127. The molecule has 1 fully saturated rings. The monoisotopic (exact) mass is 332 g/mol. The van der Waals surface area contributed by atoms with Gasteiger partial charge in [-0.05, 0) is 29.3 Å². The van der Waals surface area contributed by atoms with E-state index in [9.17, 15) is 0 Å². The molecule has 3 heteroatoms. The average molecular weight is 332 g/mol. The van der Waals surface area contributed by atoms with Crippen molar-refractivity contribution in [2.45, 2.75) is 25.6 Å². The molecule has 2 rings (SSSR count). The summed E-state index contributed by atoms with van der Waals surface area (Å²) in [5.41, 5.74) is 2.58. The third-order valence-corrected chi connectivity index (χ3v) is 3.48. The predicted molar refractivity (Wildman–Crippen MR) is 72.9 cm³/mol. The largest absolute Gasteiger partial charge is 0.348 e. The molecule has 0 N–H and O–H groups in total. The first-order valence-corrected chi connectivity index (χ1v) is 7.31. The number of rotatable bonds is 4. The Balaban J connectivity index is 2.11. The molecule has 0 bridgehead atoms. The van der Waals surface area contributed by atoms with Crippen LogP contribution in [0.1, 0.15) is 30.3 Å². The molecule has 88 valence electrons. The lowest BCUT2D eigenvalue weighted by Crippen LogP contribution is -2.19. The molecule has 1 aromatic carbocycles. The molecule has 0 amide bonds. The number of alkyl halides is 1. The first-order valence-electron chi connectivity index (χ1n) is 5.79. The Morgan fingerprint density at radius 1 is 1.19 bits per heavy atom. The second-order valence-electron chi connectivity index (χ2n) is 3.92. The molecule has 2 nitrogen and oxygen atoms in total. The number of halogens is 1. The Hall–Kier alpha value is -0.130. The summed E-state index contributed by atoms with van der Waals surface area (Å²) in [7, 11) is 0. The first-order chi connectivity index (χ1) is 7.92. The second-order valence-corrected chi connectivity index (χ2v) is 5.00. The standard InChI is InChI=1S/C13H17IO2/c14-8-3-6-11-5-1-2-7-12(11)13-15-9-4-10-16-13/h1-2,5,7,13H,3-4,6,8-10H2. The Labute approximate surface area is 110 Å². The molecule has 1 aliphatic heterocycles. The van der Waals surface area contributed by atoms with Crippen molar-refractivity contribution in [1.82, 2.24) is 0 Å². The zero-order valence-corrected chi connectivity index (χ0v) is 11.5. The number of ether oxygens (including phenoxy) is 2. The third-order valence-electron chi connectivity index (χ3n) is 2.72. The summed E-state index contributed by atoms with van der Waals surface area (Å²) in [6.45, 7) is 1.62. The minimum Gasteiger partial charge on any atom is -0.348 e. The van der Waals surface area contributed by atoms with Crippen molar-refractivity contribution in [3.63, 3.8) is 0 Å². The van der Waals surface area contributed by atoms with Gasteiger partial charge in [0, 0.05) is 5.56 Å². The molecular weight excluding hydrogens is 315 g/mol. The average Bonchev–Trinajstić information content (AvgIpc) is 2.38. The highest BCUT2D eigenvalue weighted by molar-refractivity contribution is 14.1. The van der Waals surface area contributed by atoms with Crippen LogP contribution in [0, 0.1) is 0 Å². The molecule has 0 atom stereocenters. The maximum atomic E-state index is 5.66. The van der Waals surface area contributed by atoms with E-state index in [-0.39, 0.29) is 6.29 Å². The van der Waals surface area contributed by atoms with E-state index in [4.69, 9.17) is 9.47 Å². The van der Waals surface area contributed by atoms with E-state index < -0.39 is 0 Å². The van der Waals surface area contributed by atoms with Crippen LogP contribution in [0.2, 0.25) is 0 Å². The lowest BCUT2D eigenvalue weighted by Gasteiger charge is -2.25. The van der Waals surface area contributed by atoms with Gasteiger partial charge in [0.25, 0.3) is 0 Å². The van der Waals surface area contributed by atoms with E-state index >= 15 is 0 Å². The van der Waals surface area contributed by atoms with E-state index in [1.807, 2.05) is 0 Å².